The number of carbonyl (C=O) groups excluding carboxylic acids is 1. The standard InChI is InChI=1S/C20H20N2O2S/c1-24-17-8-6-16(7-9-17)20-22(12-13-25-20)19(23)14-21-11-10-15-4-2-3-5-18(15)21/h2-11,20H,12-14H2,1H3. The predicted octanol–water partition coefficient (Wildman–Crippen LogP) is 3.92. The van der Waals surface area contributed by atoms with E-state index >= 15 is 0 Å². The van der Waals surface area contributed by atoms with Gasteiger partial charge in [-0.1, -0.05) is 30.3 Å². The Kier molecular flexibility index (Phi) is 4.40. The van der Waals surface area contributed by atoms with Crippen molar-refractivity contribution in [2.24, 2.45) is 0 Å². The molecule has 1 saturated heterocycles. The molecule has 1 aliphatic rings. The second-order valence-electron chi connectivity index (χ2n) is 6.09. The summed E-state index contributed by atoms with van der Waals surface area (Å²) in [6.07, 6.45) is 1.99. The quantitative estimate of drug-likeness (QED) is 0.714. The van der Waals surface area contributed by atoms with Crippen molar-refractivity contribution in [2.75, 3.05) is 19.4 Å². The minimum Gasteiger partial charge on any atom is -0.497 e. The number of amides is 1. The monoisotopic (exact) mass is 352 g/mol. The van der Waals surface area contributed by atoms with Crippen LogP contribution in [0, 0.1) is 0 Å². The van der Waals surface area contributed by atoms with Crippen molar-refractivity contribution in [3.8, 4) is 5.75 Å². The lowest BCUT2D eigenvalue weighted by Gasteiger charge is -2.24. The Morgan fingerprint density at radius 3 is 2.76 bits per heavy atom. The number of carbonyl (C=O) groups is 1. The maximum absolute atomic E-state index is 12.9. The molecule has 4 rings (SSSR count). The highest BCUT2D eigenvalue weighted by Gasteiger charge is 2.30. The van der Waals surface area contributed by atoms with Gasteiger partial charge in [0.25, 0.3) is 0 Å². The van der Waals surface area contributed by atoms with Gasteiger partial charge in [-0.25, -0.2) is 0 Å². The van der Waals surface area contributed by atoms with E-state index in [0.29, 0.717) is 6.54 Å². The summed E-state index contributed by atoms with van der Waals surface area (Å²) in [4.78, 5) is 14.9. The second kappa shape index (κ2) is 6.84. The van der Waals surface area contributed by atoms with Crippen molar-refractivity contribution in [3.05, 3.63) is 66.4 Å². The second-order valence-corrected chi connectivity index (χ2v) is 7.27. The lowest BCUT2D eigenvalue weighted by Crippen LogP contribution is -2.33. The molecule has 0 aliphatic carbocycles. The van der Waals surface area contributed by atoms with Crippen molar-refractivity contribution in [1.29, 1.82) is 0 Å². The minimum atomic E-state index is 0.0835. The van der Waals surface area contributed by atoms with Gasteiger partial charge in [-0.2, -0.15) is 0 Å². The molecule has 1 aromatic heterocycles. The molecule has 0 radical (unpaired) electrons. The average Bonchev–Trinajstić information content (AvgIpc) is 3.29. The normalized spacial score (nSPS) is 17.2. The summed E-state index contributed by atoms with van der Waals surface area (Å²) in [5.74, 6) is 1.96. The fraction of sp³-hybridized carbons (Fsp3) is 0.250. The van der Waals surface area contributed by atoms with E-state index in [-0.39, 0.29) is 11.3 Å². The average molecular weight is 352 g/mol. The fourth-order valence-corrected chi connectivity index (χ4v) is 4.56. The third-order valence-corrected chi connectivity index (χ3v) is 5.86. The Labute approximate surface area is 151 Å². The van der Waals surface area contributed by atoms with E-state index in [1.807, 2.05) is 63.8 Å². The Hall–Kier alpha value is -2.40. The highest BCUT2D eigenvalue weighted by Crippen LogP contribution is 2.38. The van der Waals surface area contributed by atoms with E-state index < -0.39 is 0 Å². The van der Waals surface area contributed by atoms with Crippen LogP contribution in [0.2, 0.25) is 0 Å². The molecule has 0 bridgehead atoms. The number of nitrogens with zero attached hydrogens (tertiary/aromatic N) is 2. The van der Waals surface area contributed by atoms with E-state index in [4.69, 9.17) is 4.74 Å². The summed E-state index contributed by atoms with van der Waals surface area (Å²) in [6.45, 7) is 1.17. The fourth-order valence-electron chi connectivity index (χ4n) is 3.29. The van der Waals surface area contributed by atoms with Crippen LogP contribution in [-0.4, -0.2) is 34.8 Å². The summed E-state index contributed by atoms with van der Waals surface area (Å²) >= 11 is 1.82. The number of para-hydroxylation sites is 1. The topological polar surface area (TPSA) is 34.5 Å². The van der Waals surface area contributed by atoms with Crippen LogP contribution in [0.25, 0.3) is 10.9 Å². The zero-order valence-corrected chi connectivity index (χ0v) is 14.9. The van der Waals surface area contributed by atoms with Gasteiger partial charge in [0.15, 0.2) is 0 Å². The summed E-state index contributed by atoms with van der Waals surface area (Å²) in [6, 6.07) is 18.2. The zero-order chi connectivity index (χ0) is 17.2. The van der Waals surface area contributed by atoms with Crippen molar-refractivity contribution in [3.63, 3.8) is 0 Å². The molecule has 0 saturated carbocycles. The Morgan fingerprint density at radius 1 is 1.16 bits per heavy atom. The number of methoxy groups -OCH3 is 1. The van der Waals surface area contributed by atoms with E-state index in [0.717, 1.165) is 34.5 Å². The zero-order valence-electron chi connectivity index (χ0n) is 14.1. The van der Waals surface area contributed by atoms with Gasteiger partial charge in [0.1, 0.15) is 17.7 Å². The number of aromatic nitrogens is 1. The maximum Gasteiger partial charge on any atom is 0.243 e. The maximum atomic E-state index is 12.9. The number of hydrogen-bond donors (Lipinski definition) is 0. The number of ether oxygens (including phenoxy) is 1. The van der Waals surface area contributed by atoms with Crippen LogP contribution in [0.15, 0.2) is 60.8 Å². The number of benzene rings is 2. The van der Waals surface area contributed by atoms with Crippen molar-refractivity contribution in [2.45, 2.75) is 11.9 Å². The van der Waals surface area contributed by atoms with Crippen molar-refractivity contribution >= 4 is 28.6 Å². The molecule has 1 aliphatic heterocycles. The van der Waals surface area contributed by atoms with Gasteiger partial charge in [-0.05, 0) is 35.2 Å². The van der Waals surface area contributed by atoms with Crippen LogP contribution >= 0.6 is 11.8 Å². The van der Waals surface area contributed by atoms with Gasteiger partial charge in [-0.3, -0.25) is 4.79 Å². The van der Waals surface area contributed by atoms with E-state index in [9.17, 15) is 4.79 Å². The van der Waals surface area contributed by atoms with Gasteiger partial charge in [0, 0.05) is 24.0 Å². The Bertz CT molecular complexity index is 888. The third-order valence-electron chi connectivity index (χ3n) is 4.60. The van der Waals surface area contributed by atoms with Crippen LogP contribution in [-0.2, 0) is 11.3 Å². The first-order valence-corrected chi connectivity index (χ1v) is 9.40. The predicted molar refractivity (Wildman–Crippen MR) is 102 cm³/mol. The molecular formula is C20H20N2O2S. The number of thioether (sulfide) groups is 1. The third kappa shape index (κ3) is 3.12. The smallest absolute Gasteiger partial charge is 0.243 e. The molecule has 128 valence electrons. The molecule has 1 amide bonds. The van der Waals surface area contributed by atoms with E-state index in [1.165, 1.54) is 0 Å². The first-order chi connectivity index (χ1) is 12.3. The summed E-state index contributed by atoms with van der Waals surface area (Å²) < 4.78 is 7.26. The van der Waals surface area contributed by atoms with Crippen LogP contribution in [0.4, 0.5) is 0 Å². The number of fused-ring (bicyclic) bond motifs is 1. The molecule has 1 atom stereocenters. The van der Waals surface area contributed by atoms with Gasteiger partial charge < -0.3 is 14.2 Å². The van der Waals surface area contributed by atoms with Crippen LogP contribution in [0.5, 0.6) is 5.75 Å². The largest absolute Gasteiger partial charge is 0.497 e. The van der Waals surface area contributed by atoms with Crippen LogP contribution in [0.1, 0.15) is 10.9 Å². The van der Waals surface area contributed by atoms with Crippen LogP contribution < -0.4 is 4.74 Å². The molecule has 5 heteroatoms. The lowest BCUT2D eigenvalue weighted by molar-refractivity contribution is -0.131. The first-order valence-electron chi connectivity index (χ1n) is 8.35. The molecule has 1 fully saturated rings. The molecule has 0 spiro atoms. The summed E-state index contributed by atoms with van der Waals surface area (Å²) in [7, 11) is 1.66. The van der Waals surface area contributed by atoms with Crippen LogP contribution in [0.3, 0.4) is 0 Å². The molecule has 2 heterocycles. The molecule has 2 aromatic carbocycles. The van der Waals surface area contributed by atoms with E-state index in [2.05, 4.69) is 18.2 Å². The lowest BCUT2D eigenvalue weighted by atomic mass is 10.2. The van der Waals surface area contributed by atoms with Gasteiger partial charge in [0.2, 0.25) is 5.91 Å². The number of hydrogen-bond acceptors (Lipinski definition) is 3. The molecular weight excluding hydrogens is 332 g/mol. The first kappa shape index (κ1) is 16.1. The highest BCUT2D eigenvalue weighted by atomic mass is 32.2. The van der Waals surface area contributed by atoms with Crippen molar-refractivity contribution < 1.29 is 9.53 Å². The number of rotatable bonds is 4. The SMILES string of the molecule is COc1ccc(C2SCCN2C(=O)Cn2ccc3ccccc32)cc1. The molecule has 25 heavy (non-hydrogen) atoms. The van der Waals surface area contributed by atoms with Crippen molar-refractivity contribution in [1.82, 2.24) is 9.47 Å². The molecule has 1 unspecified atom stereocenters. The highest BCUT2D eigenvalue weighted by molar-refractivity contribution is 7.99. The van der Waals surface area contributed by atoms with E-state index in [1.54, 1.807) is 7.11 Å². The summed E-state index contributed by atoms with van der Waals surface area (Å²) in [5.41, 5.74) is 2.25. The minimum absolute atomic E-state index is 0.0835. The summed E-state index contributed by atoms with van der Waals surface area (Å²) in [5, 5.41) is 1.25. The Balaban J connectivity index is 1.54. The molecule has 4 nitrogen and oxygen atoms in total. The van der Waals surface area contributed by atoms with Gasteiger partial charge in [-0.15, -0.1) is 11.8 Å². The molecule has 3 aromatic rings. The molecule has 0 N–H and O–H groups in total. The van der Waals surface area contributed by atoms with Gasteiger partial charge >= 0.3 is 0 Å². The Morgan fingerprint density at radius 2 is 1.96 bits per heavy atom. The van der Waals surface area contributed by atoms with Gasteiger partial charge in [0.05, 0.1) is 7.11 Å².